The average molecular weight is 713 g/mol. The summed E-state index contributed by atoms with van der Waals surface area (Å²) >= 11 is 3.65. The maximum atomic E-state index is 3.65. The van der Waals surface area contributed by atoms with Crippen LogP contribution in [0.15, 0.2) is 186 Å². The van der Waals surface area contributed by atoms with E-state index in [0.29, 0.717) is 0 Å². The summed E-state index contributed by atoms with van der Waals surface area (Å²) in [4.78, 5) is 0. The van der Waals surface area contributed by atoms with Crippen molar-refractivity contribution in [1.82, 2.24) is 4.57 Å². The molecule has 9 aromatic rings. The van der Waals surface area contributed by atoms with Crippen molar-refractivity contribution in [1.29, 1.82) is 0 Å². The molecule has 0 fully saturated rings. The van der Waals surface area contributed by atoms with Crippen molar-refractivity contribution in [3.05, 3.63) is 209 Å². The number of halogens is 1. The van der Waals surface area contributed by atoms with Crippen molar-refractivity contribution >= 4 is 37.7 Å². The predicted octanol–water partition coefficient (Wildman–Crippen LogP) is 13.2. The number of nitrogens with zero attached hydrogens (tertiary/aromatic N) is 1. The molecule has 51 heavy (non-hydrogen) atoms. The Kier molecular flexibility index (Phi) is 6.09. The SMILES string of the molecule is Brc1cccc(-c2cccc(-c3ccc4c5ccccc5n(-c5ccc6c(c5)-c5ccccc5C65c6ccccc6-c6ccccc65)c4c3)c2)c1. The average Bonchev–Trinajstić information content (AvgIpc) is 3.79. The summed E-state index contributed by atoms with van der Waals surface area (Å²) < 4.78 is 3.55. The lowest BCUT2D eigenvalue weighted by Gasteiger charge is -2.30. The van der Waals surface area contributed by atoms with Gasteiger partial charge in [-0.3, -0.25) is 0 Å². The van der Waals surface area contributed by atoms with Crippen LogP contribution in [0.5, 0.6) is 0 Å². The zero-order valence-electron chi connectivity index (χ0n) is 27.6. The molecule has 1 nitrogen and oxygen atoms in total. The van der Waals surface area contributed by atoms with Crippen LogP contribution in [0.1, 0.15) is 22.3 Å². The van der Waals surface area contributed by atoms with Crippen LogP contribution in [0.4, 0.5) is 0 Å². The smallest absolute Gasteiger partial charge is 0.0725 e. The molecule has 11 rings (SSSR count). The topological polar surface area (TPSA) is 4.93 Å². The number of aromatic nitrogens is 1. The van der Waals surface area contributed by atoms with Crippen molar-refractivity contribution < 1.29 is 0 Å². The summed E-state index contributed by atoms with van der Waals surface area (Å²) in [5, 5.41) is 2.52. The second kappa shape index (κ2) is 10.8. The lowest BCUT2D eigenvalue weighted by molar-refractivity contribution is 0.793. The van der Waals surface area contributed by atoms with Crippen LogP contribution in [0.2, 0.25) is 0 Å². The van der Waals surface area contributed by atoms with E-state index in [4.69, 9.17) is 0 Å². The van der Waals surface area contributed by atoms with Crippen LogP contribution in [0.25, 0.3) is 72.0 Å². The number of rotatable bonds is 3. The first-order valence-electron chi connectivity index (χ1n) is 17.5. The number of hydrogen-bond donors (Lipinski definition) is 0. The lowest BCUT2D eigenvalue weighted by atomic mass is 9.70. The summed E-state index contributed by atoms with van der Waals surface area (Å²) in [6.07, 6.45) is 0. The summed E-state index contributed by atoms with van der Waals surface area (Å²) in [5.74, 6) is 0. The Morgan fingerprint density at radius 2 is 0.882 bits per heavy atom. The van der Waals surface area contributed by atoms with E-state index >= 15 is 0 Å². The third kappa shape index (κ3) is 3.97. The summed E-state index contributed by atoms with van der Waals surface area (Å²) in [6, 6.07) is 67.5. The third-order valence-electron chi connectivity index (χ3n) is 11.3. The van der Waals surface area contributed by atoms with Gasteiger partial charge in [0.25, 0.3) is 0 Å². The van der Waals surface area contributed by atoms with E-state index in [1.165, 1.54) is 94.3 Å². The van der Waals surface area contributed by atoms with Crippen LogP contribution in [-0.4, -0.2) is 4.57 Å². The Bertz CT molecular complexity index is 2850. The minimum atomic E-state index is -0.342. The first-order valence-corrected chi connectivity index (χ1v) is 18.3. The van der Waals surface area contributed by atoms with Crippen LogP contribution < -0.4 is 0 Å². The molecule has 8 aromatic carbocycles. The quantitative estimate of drug-likeness (QED) is 0.172. The summed E-state index contributed by atoms with van der Waals surface area (Å²) in [7, 11) is 0. The molecule has 1 spiro atoms. The van der Waals surface area contributed by atoms with Crippen LogP contribution in [0.3, 0.4) is 0 Å². The first kappa shape index (κ1) is 28.8. The highest BCUT2D eigenvalue weighted by atomic mass is 79.9. The molecule has 2 heteroatoms. The molecule has 0 atom stereocenters. The van der Waals surface area contributed by atoms with Gasteiger partial charge in [0.15, 0.2) is 0 Å². The Hall–Kier alpha value is -5.96. The zero-order valence-corrected chi connectivity index (χ0v) is 29.2. The predicted molar refractivity (Wildman–Crippen MR) is 216 cm³/mol. The molecular formula is C49H30BrN. The van der Waals surface area contributed by atoms with Gasteiger partial charge in [0.1, 0.15) is 0 Å². The number of hydrogen-bond acceptors (Lipinski definition) is 0. The molecule has 0 amide bonds. The molecule has 0 radical (unpaired) electrons. The minimum absolute atomic E-state index is 0.342. The van der Waals surface area contributed by atoms with Gasteiger partial charge in [-0.05, 0) is 109 Å². The van der Waals surface area contributed by atoms with Crippen molar-refractivity contribution in [2.24, 2.45) is 0 Å². The van der Waals surface area contributed by atoms with Gasteiger partial charge in [0, 0.05) is 20.9 Å². The molecule has 2 aliphatic rings. The Morgan fingerprint density at radius 3 is 1.57 bits per heavy atom. The fourth-order valence-corrected chi connectivity index (χ4v) is 9.60. The standard InChI is InChI=1S/C49H30BrN/c50-35-14-10-13-33(28-35)31-11-9-12-32(27-31)34-23-25-41-40-18-4-8-22-47(40)51(48(41)29-34)36-24-26-46-42(30-36)39-17-3-7-21-45(39)49(46)43-19-5-1-15-37(43)38-16-2-6-20-44(38)49/h1-30H. The first-order chi connectivity index (χ1) is 25.2. The van der Waals surface area contributed by atoms with Gasteiger partial charge in [0.05, 0.1) is 16.4 Å². The van der Waals surface area contributed by atoms with E-state index in [1.54, 1.807) is 0 Å². The summed E-state index contributed by atoms with van der Waals surface area (Å²) in [6.45, 7) is 0. The van der Waals surface area contributed by atoms with E-state index in [2.05, 4.69) is 202 Å². The fourth-order valence-electron chi connectivity index (χ4n) is 9.20. The van der Waals surface area contributed by atoms with Crippen LogP contribution in [0, 0.1) is 0 Å². The van der Waals surface area contributed by atoms with Crippen molar-refractivity contribution in [3.8, 4) is 50.2 Å². The Labute approximate surface area is 305 Å². The molecule has 0 saturated carbocycles. The van der Waals surface area contributed by atoms with Crippen molar-refractivity contribution in [2.75, 3.05) is 0 Å². The molecule has 0 aliphatic heterocycles. The highest BCUT2D eigenvalue weighted by Crippen LogP contribution is 2.62. The summed E-state index contributed by atoms with van der Waals surface area (Å²) in [5.41, 5.74) is 18.8. The molecule has 2 aliphatic carbocycles. The van der Waals surface area contributed by atoms with Gasteiger partial charge in [0.2, 0.25) is 0 Å². The van der Waals surface area contributed by atoms with Crippen LogP contribution >= 0.6 is 15.9 Å². The van der Waals surface area contributed by atoms with Gasteiger partial charge < -0.3 is 4.57 Å². The van der Waals surface area contributed by atoms with Gasteiger partial charge in [-0.2, -0.15) is 0 Å². The second-order valence-corrected chi connectivity index (χ2v) is 14.7. The number of benzene rings is 8. The molecular weight excluding hydrogens is 682 g/mol. The fraction of sp³-hybridized carbons (Fsp3) is 0.0204. The van der Waals surface area contributed by atoms with Gasteiger partial charge in [-0.25, -0.2) is 0 Å². The monoisotopic (exact) mass is 711 g/mol. The van der Waals surface area contributed by atoms with Crippen molar-refractivity contribution in [2.45, 2.75) is 5.41 Å². The zero-order chi connectivity index (χ0) is 33.7. The molecule has 238 valence electrons. The Morgan fingerprint density at radius 1 is 0.353 bits per heavy atom. The highest BCUT2D eigenvalue weighted by molar-refractivity contribution is 9.10. The number of para-hydroxylation sites is 1. The minimum Gasteiger partial charge on any atom is -0.309 e. The number of fused-ring (bicyclic) bond motifs is 13. The molecule has 0 N–H and O–H groups in total. The van der Waals surface area contributed by atoms with Gasteiger partial charge >= 0.3 is 0 Å². The maximum Gasteiger partial charge on any atom is 0.0725 e. The van der Waals surface area contributed by atoms with Crippen LogP contribution in [-0.2, 0) is 5.41 Å². The third-order valence-corrected chi connectivity index (χ3v) is 11.8. The van der Waals surface area contributed by atoms with E-state index in [1.807, 2.05) is 0 Å². The van der Waals surface area contributed by atoms with Gasteiger partial charge in [-0.15, -0.1) is 0 Å². The molecule has 1 aromatic heterocycles. The largest absolute Gasteiger partial charge is 0.309 e. The van der Waals surface area contributed by atoms with E-state index in [-0.39, 0.29) is 5.41 Å². The van der Waals surface area contributed by atoms with Gasteiger partial charge in [-0.1, -0.05) is 155 Å². The Balaban J connectivity index is 1.14. The maximum absolute atomic E-state index is 3.65. The van der Waals surface area contributed by atoms with Crippen molar-refractivity contribution in [3.63, 3.8) is 0 Å². The highest BCUT2D eigenvalue weighted by Gasteiger charge is 2.51. The molecule has 1 heterocycles. The normalized spacial score (nSPS) is 13.4. The van der Waals surface area contributed by atoms with E-state index in [0.717, 1.165) is 4.47 Å². The second-order valence-electron chi connectivity index (χ2n) is 13.8. The molecule has 0 bridgehead atoms. The lowest BCUT2D eigenvalue weighted by Crippen LogP contribution is -2.25. The van der Waals surface area contributed by atoms with E-state index < -0.39 is 0 Å². The van der Waals surface area contributed by atoms with E-state index in [9.17, 15) is 0 Å². The molecule has 0 saturated heterocycles. The molecule has 0 unspecified atom stereocenters.